The monoisotopic (exact) mass is 516 g/mol. The fourth-order valence-corrected chi connectivity index (χ4v) is 4.71. The van der Waals surface area contributed by atoms with Crippen molar-refractivity contribution in [1.82, 2.24) is 14.1 Å². The molecule has 0 unspecified atom stereocenters. The van der Waals surface area contributed by atoms with Crippen LogP contribution in [0.15, 0.2) is 58.4 Å². The van der Waals surface area contributed by atoms with E-state index in [0.29, 0.717) is 24.0 Å². The second-order valence-corrected chi connectivity index (χ2v) is 9.80. The summed E-state index contributed by atoms with van der Waals surface area (Å²) in [6, 6.07) is 10.9. The minimum absolute atomic E-state index is 0.00417. The summed E-state index contributed by atoms with van der Waals surface area (Å²) in [5.74, 6) is -4.39. The van der Waals surface area contributed by atoms with Crippen molar-refractivity contribution >= 4 is 0 Å². The Morgan fingerprint density at radius 1 is 0.974 bits per heavy atom. The predicted octanol–water partition coefficient (Wildman–Crippen LogP) is 5.01. The van der Waals surface area contributed by atoms with Gasteiger partial charge in [-0.3, -0.25) is 14.3 Å². The summed E-state index contributed by atoms with van der Waals surface area (Å²) in [5.41, 5.74) is 0.905. The smallest absolute Gasteiger partial charge is 0.273 e. The Kier molecular flexibility index (Phi) is 6.06. The van der Waals surface area contributed by atoms with E-state index in [1.807, 2.05) is 19.9 Å². The van der Waals surface area contributed by atoms with Crippen LogP contribution in [0, 0.1) is 49.6 Å². The average Bonchev–Trinajstić information content (AvgIpc) is 3.67. The second-order valence-electron chi connectivity index (χ2n) is 9.80. The molecule has 5 rings (SSSR count). The Hall–Kier alpha value is -4.45. The van der Waals surface area contributed by atoms with Crippen LogP contribution in [-0.4, -0.2) is 14.1 Å². The Morgan fingerprint density at radius 3 is 2.24 bits per heavy atom. The molecule has 9 heteroatoms. The van der Waals surface area contributed by atoms with Gasteiger partial charge >= 0.3 is 5.69 Å². The number of benzene rings is 2. The van der Waals surface area contributed by atoms with E-state index in [9.17, 15) is 28.0 Å². The van der Waals surface area contributed by atoms with Gasteiger partial charge in [0.2, 0.25) is 0 Å². The van der Waals surface area contributed by atoms with E-state index in [4.69, 9.17) is 0 Å². The van der Waals surface area contributed by atoms with Crippen molar-refractivity contribution in [3.63, 3.8) is 0 Å². The molecule has 2 heterocycles. The lowest BCUT2D eigenvalue weighted by Crippen LogP contribution is -2.45. The van der Waals surface area contributed by atoms with E-state index < -0.39 is 34.2 Å². The Bertz CT molecular complexity index is 1760. The lowest BCUT2D eigenvalue weighted by molar-refractivity contribution is 0.445. The molecule has 0 N–H and O–H groups in total. The first-order chi connectivity index (χ1) is 18.1. The Morgan fingerprint density at radius 2 is 1.66 bits per heavy atom. The predicted molar refractivity (Wildman–Crippen MR) is 136 cm³/mol. The van der Waals surface area contributed by atoms with Gasteiger partial charge in [0, 0.05) is 18.2 Å². The molecule has 1 aliphatic carbocycles. The highest BCUT2D eigenvalue weighted by Gasteiger charge is 2.48. The lowest BCUT2D eigenvalue weighted by atomic mass is 9.96. The zero-order chi connectivity index (χ0) is 27.4. The van der Waals surface area contributed by atoms with Crippen LogP contribution >= 0.6 is 0 Å². The van der Waals surface area contributed by atoms with Gasteiger partial charge in [0.15, 0.2) is 17.5 Å². The fraction of sp³-hybridized carbons (Fsp3) is 0.241. The summed E-state index contributed by atoms with van der Waals surface area (Å²) >= 11 is 0. The van der Waals surface area contributed by atoms with Gasteiger partial charge in [0.25, 0.3) is 5.56 Å². The van der Waals surface area contributed by atoms with Gasteiger partial charge in [0.05, 0.1) is 23.6 Å². The fourth-order valence-electron chi connectivity index (χ4n) is 4.71. The standard InChI is InChI=1S/C29H23F3N4O2/c1-16-8-21(14-34-13-16)35-27(37)22(10-19-11-23(30)25(32)24(31)12-19)26(20-5-4-17(2)18(3)9-20)36(28(35)38)29(15-33)6-7-29/h4-5,8-9,11-14H,6-7,10H2,1-3H3. The first-order valence-corrected chi connectivity index (χ1v) is 12.0. The van der Waals surface area contributed by atoms with Gasteiger partial charge in [-0.2, -0.15) is 5.26 Å². The molecule has 1 aliphatic rings. The van der Waals surface area contributed by atoms with E-state index >= 15 is 0 Å². The molecule has 38 heavy (non-hydrogen) atoms. The third-order valence-electron chi connectivity index (χ3n) is 7.04. The minimum atomic E-state index is -1.61. The molecule has 6 nitrogen and oxygen atoms in total. The van der Waals surface area contributed by atoms with Crippen LogP contribution in [0.2, 0.25) is 0 Å². The summed E-state index contributed by atoms with van der Waals surface area (Å²) in [5, 5.41) is 10.1. The quantitative estimate of drug-likeness (QED) is 0.350. The highest BCUT2D eigenvalue weighted by atomic mass is 19.2. The molecule has 0 radical (unpaired) electrons. The van der Waals surface area contributed by atoms with Gasteiger partial charge in [-0.25, -0.2) is 22.5 Å². The van der Waals surface area contributed by atoms with Crippen molar-refractivity contribution in [2.75, 3.05) is 0 Å². The lowest BCUT2D eigenvalue weighted by Gasteiger charge is -2.23. The van der Waals surface area contributed by atoms with Crippen molar-refractivity contribution in [2.45, 2.75) is 45.6 Å². The van der Waals surface area contributed by atoms with Crippen molar-refractivity contribution in [2.24, 2.45) is 0 Å². The molecule has 1 fully saturated rings. The number of rotatable bonds is 5. The number of nitriles is 1. The first kappa shape index (κ1) is 25.2. The van der Waals surface area contributed by atoms with E-state index in [-0.39, 0.29) is 28.9 Å². The van der Waals surface area contributed by atoms with E-state index in [1.165, 1.54) is 10.8 Å². The number of hydrogen-bond donors (Lipinski definition) is 0. The van der Waals surface area contributed by atoms with Crippen LogP contribution in [0.25, 0.3) is 16.9 Å². The molecule has 1 saturated carbocycles. The zero-order valence-corrected chi connectivity index (χ0v) is 21.0. The van der Waals surface area contributed by atoms with Crippen LogP contribution < -0.4 is 11.2 Å². The molecule has 2 aromatic heterocycles. The maximum atomic E-state index is 14.1. The number of aromatic nitrogens is 3. The molecule has 0 saturated heterocycles. The summed E-state index contributed by atoms with van der Waals surface area (Å²) in [6.07, 6.45) is 3.41. The number of nitrogens with zero attached hydrogens (tertiary/aromatic N) is 4. The molecule has 2 aromatic carbocycles. The van der Waals surface area contributed by atoms with Crippen LogP contribution in [0.3, 0.4) is 0 Å². The largest absolute Gasteiger partial charge is 0.337 e. The van der Waals surface area contributed by atoms with E-state index in [0.717, 1.165) is 27.8 Å². The number of aryl methyl sites for hydroxylation is 3. The summed E-state index contributed by atoms with van der Waals surface area (Å²) in [4.78, 5) is 32.2. The molecule has 192 valence electrons. The normalized spacial score (nSPS) is 13.8. The highest BCUT2D eigenvalue weighted by Crippen LogP contribution is 2.45. The van der Waals surface area contributed by atoms with Crippen molar-refractivity contribution < 1.29 is 13.2 Å². The van der Waals surface area contributed by atoms with Crippen LogP contribution in [0.1, 0.15) is 40.7 Å². The number of halogens is 3. The van der Waals surface area contributed by atoms with Crippen molar-refractivity contribution in [3.8, 4) is 23.0 Å². The SMILES string of the molecule is Cc1cncc(-n2c(=O)c(Cc3cc(F)c(F)c(F)c3)c(-c3ccc(C)c(C)c3)n(C3(C#N)CC3)c2=O)c1. The van der Waals surface area contributed by atoms with Crippen LogP contribution in [0.4, 0.5) is 13.2 Å². The van der Waals surface area contributed by atoms with Crippen LogP contribution in [-0.2, 0) is 12.0 Å². The maximum absolute atomic E-state index is 14.1. The first-order valence-electron chi connectivity index (χ1n) is 12.0. The highest BCUT2D eigenvalue weighted by molar-refractivity contribution is 5.67. The second kappa shape index (κ2) is 9.14. The van der Waals surface area contributed by atoms with Gasteiger partial charge in [0.1, 0.15) is 5.54 Å². The molecule has 0 atom stereocenters. The summed E-state index contributed by atoms with van der Waals surface area (Å²) in [6.45, 7) is 5.55. The average molecular weight is 517 g/mol. The third kappa shape index (κ3) is 4.12. The number of hydrogen-bond acceptors (Lipinski definition) is 4. The Balaban J connectivity index is 1.92. The molecule has 0 spiro atoms. The molecular formula is C29H23F3N4O2. The molecule has 0 amide bonds. The summed E-state index contributed by atoms with van der Waals surface area (Å²) in [7, 11) is 0. The van der Waals surface area contributed by atoms with Gasteiger partial charge in [-0.05, 0) is 85.7 Å². The molecular weight excluding hydrogens is 493 g/mol. The van der Waals surface area contributed by atoms with Gasteiger partial charge < -0.3 is 0 Å². The van der Waals surface area contributed by atoms with Gasteiger partial charge in [-0.15, -0.1) is 0 Å². The minimum Gasteiger partial charge on any atom is -0.273 e. The van der Waals surface area contributed by atoms with Gasteiger partial charge in [-0.1, -0.05) is 12.1 Å². The van der Waals surface area contributed by atoms with Crippen LogP contribution in [0.5, 0.6) is 0 Å². The zero-order valence-electron chi connectivity index (χ0n) is 21.0. The summed E-state index contributed by atoms with van der Waals surface area (Å²) < 4.78 is 44.3. The molecule has 0 aliphatic heterocycles. The van der Waals surface area contributed by atoms with E-state index in [1.54, 1.807) is 31.3 Å². The Labute approximate surface area is 216 Å². The van der Waals surface area contributed by atoms with Crippen molar-refractivity contribution in [3.05, 3.63) is 115 Å². The number of pyridine rings is 1. The maximum Gasteiger partial charge on any atom is 0.337 e. The molecule has 4 aromatic rings. The topological polar surface area (TPSA) is 80.7 Å². The molecule has 0 bridgehead atoms. The third-order valence-corrected chi connectivity index (χ3v) is 7.04. The van der Waals surface area contributed by atoms with E-state index in [2.05, 4.69) is 11.1 Å². The van der Waals surface area contributed by atoms with Crippen molar-refractivity contribution in [1.29, 1.82) is 5.26 Å².